The molecule has 1 aliphatic heterocycles. The zero-order valence-corrected chi connectivity index (χ0v) is 31.1. The lowest BCUT2D eigenvalue weighted by molar-refractivity contribution is 0.0510. The van der Waals surface area contributed by atoms with E-state index in [2.05, 4.69) is 31.2 Å². The molecule has 0 spiro atoms. The van der Waals surface area contributed by atoms with Crippen molar-refractivity contribution in [2.45, 2.75) is 64.4 Å². The van der Waals surface area contributed by atoms with E-state index in [-0.39, 0.29) is 12.7 Å². The van der Waals surface area contributed by atoms with Crippen LogP contribution in [-0.4, -0.2) is 103 Å². The van der Waals surface area contributed by atoms with Gasteiger partial charge in [0.05, 0.1) is 53.9 Å². The predicted molar refractivity (Wildman–Crippen MR) is 197 cm³/mol. The van der Waals surface area contributed by atoms with Gasteiger partial charge in [-0.1, -0.05) is 31.2 Å². The molecule has 51 heavy (non-hydrogen) atoms. The van der Waals surface area contributed by atoms with Gasteiger partial charge in [0.2, 0.25) is 0 Å². The van der Waals surface area contributed by atoms with Crippen LogP contribution in [0.4, 0.5) is 4.79 Å². The highest BCUT2D eigenvalue weighted by atomic mass is 16.6. The van der Waals surface area contributed by atoms with E-state index in [9.17, 15) is 4.79 Å². The Morgan fingerprint density at radius 1 is 0.804 bits per heavy atom. The molecule has 1 amide bonds. The van der Waals surface area contributed by atoms with Crippen molar-refractivity contribution in [3.8, 4) is 17.2 Å². The lowest BCUT2D eigenvalue weighted by Gasteiger charge is -2.31. The van der Waals surface area contributed by atoms with E-state index >= 15 is 0 Å². The fraction of sp³-hybridized carbons (Fsp3) is 0.575. The largest absolute Gasteiger partial charge is 0.501 e. The second kappa shape index (κ2) is 25.2. The van der Waals surface area contributed by atoms with Gasteiger partial charge in [0.15, 0.2) is 0 Å². The Hall–Kier alpha value is -3.77. The summed E-state index contributed by atoms with van der Waals surface area (Å²) in [5.41, 5.74) is 3.21. The Bertz CT molecular complexity index is 1280. The molecule has 2 aromatic rings. The molecule has 1 saturated heterocycles. The van der Waals surface area contributed by atoms with Crippen LogP contribution in [0.3, 0.4) is 0 Å². The van der Waals surface area contributed by atoms with Crippen molar-refractivity contribution in [1.82, 2.24) is 4.90 Å². The van der Waals surface area contributed by atoms with Crippen LogP contribution in [0.25, 0.3) is 0 Å². The van der Waals surface area contributed by atoms with Crippen molar-refractivity contribution in [3.05, 3.63) is 77.1 Å². The molecule has 0 aromatic heterocycles. The second-order valence-corrected chi connectivity index (χ2v) is 12.3. The molecule has 2 aromatic carbocycles. The fourth-order valence-corrected chi connectivity index (χ4v) is 5.66. The van der Waals surface area contributed by atoms with E-state index in [4.69, 9.17) is 43.0 Å². The third-order valence-corrected chi connectivity index (χ3v) is 8.45. The van der Waals surface area contributed by atoms with Crippen molar-refractivity contribution in [3.63, 3.8) is 0 Å². The Morgan fingerprint density at radius 3 is 2.22 bits per heavy atom. The van der Waals surface area contributed by atoms with Crippen molar-refractivity contribution in [1.29, 1.82) is 0 Å². The molecule has 0 atom stereocenters. The highest BCUT2D eigenvalue weighted by Crippen LogP contribution is 2.29. The number of rotatable bonds is 21. The topological polar surface area (TPSA) is 114 Å². The van der Waals surface area contributed by atoms with Gasteiger partial charge in [-0.15, -0.1) is 0 Å². The lowest BCUT2D eigenvalue weighted by atomic mass is 9.89. The summed E-state index contributed by atoms with van der Waals surface area (Å²) in [6.07, 6.45) is 10.5. The summed E-state index contributed by atoms with van der Waals surface area (Å²) >= 11 is 0. The minimum Gasteiger partial charge on any atom is -0.501 e. The summed E-state index contributed by atoms with van der Waals surface area (Å²) in [6.45, 7) is 8.07. The third-order valence-electron chi connectivity index (χ3n) is 8.45. The van der Waals surface area contributed by atoms with Gasteiger partial charge in [0.1, 0.15) is 29.6 Å². The number of piperidine rings is 1. The van der Waals surface area contributed by atoms with E-state index in [1.54, 1.807) is 44.4 Å². The lowest BCUT2D eigenvalue weighted by Crippen LogP contribution is -2.38. The third kappa shape index (κ3) is 16.0. The molecule has 2 aliphatic rings. The quantitative estimate of drug-likeness (QED) is 0.135. The first-order valence-corrected chi connectivity index (χ1v) is 18.1. The summed E-state index contributed by atoms with van der Waals surface area (Å²) in [5, 5.41) is 9.06. The number of hydrogen-bond donors (Lipinski definition) is 1. The van der Waals surface area contributed by atoms with Gasteiger partial charge in [-0.3, -0.25) is 0 Å². The van der Waals surface area contributed by atoms with Gasteiger partial charge in [-0.05, 0) is 67.0 Å². The standard InChI is InChI=1S/C28H41NO6.C12H18O4/c1-3-17-32-20-21-35-28(30)29-15-13-24(14-16-29)23-9-11-26(12-10-23)34-19-6-18-33-22-25-7-4-5-8-27(25)31-2;1-14-4-3-5-16-12-7-10(9-13)6-11(8-12)15-2/h4,7,9-12,24H,3,5-6,8,13-22H2,1-2H3;6-8,13H,3-5,9H2,1-2H3. The normalized spacial score (nSPS) is 14.5. The number of aliphatic hydroxyl groups is 1. The molecule has 0 bridgehead atoms. The summed E-state index contributed by atoms with van der Waals surface area (Å²) in [5.74, 6) is 3.75. The smallest absolute Gasteiger partial charge is 0.409 e. The SMILES string of the molecule is CCCOCCOC(=O)N1CCC(c2ccc(OCCCOCC3=C(OC)CCC=C3)cc2)CC1.COCCCOc1cc(CO)cc(OC)c1. The minimum atomic E-state index is -0.234. The number of aliphatic hydroxyl groups excluding tert-OH is 1. The molecule has 4 rings (SSSR count). The maximum atomic E-state index is 12.2. The van der Waals surface area contributed by atoms with Crippen LogP contribution < -0.4 is 14.2 Å². The molecule has 0 saturated carbocycles. The Kier molecular flexibility index (Phi) is 20.6. The molecule has 1 heterocycles. The monoisotopic (exact) mass is 713 g/mol. The molecule has 0 radical (unpaired) electrons. The van der Waals surface area contributed by atoms with Crippen molar-refractivity contribution < 1.29 is 47.8 Å². The number of amides is 1. The van der Waals surface area contributed by atoms with E-state index in [0.29, 0.717) is 70.3 Å². The number of carbonyl (C=O) groups excluding carboxylic acids is 1. The molecule has 0 unspecified atom stereocenters. The average molecular weight is 714 g/mol. The Balaban J connectivity index is 0.000000367. The van der Waals surface area contributed by atoms with E-state index in [1.165, 1.54) is 5.56 Å². The second-order valence-electron chi connectivity index (χ2n) is 12.3. The summed E-state index contributed by atoms with van der Waals surface area (Å²) in [7, 11) is 4.97. The molecular weight excluding hydrogens is 654 g/mol. The first-order valence-electron chi connectivity index (χ1n) is 18.1. The zero-order chi connectivity index (χ0) is 36.5. The number of methoxy groups -OCH3 is 3. The molecular formula is C40H59NO10. The average Bonchev–Trinajstić information content (AvgIpc) is 3.18. The highest BCUT2D eigenvalue weighted by Gasteiger charge is 2.24. The van der Waals surface area contributed by atoms with Gasteiger partial charge in [-0.25, -0.2) is 4.79 Å². The minimum absolute atomic E-state index is 0.0222. The zero-order valence-electron chi connectivity index (χ0n) is 31.1. The maximum Gasteiger partial charge on any atom is 0.409 e. The van der Waals surface area contributed by atoms with Crippen LogP contribution in [0.15, 0.2) is 65.9 Å². The number of carbonyl (C=O) groups is 1. The summed E-state index contributed by atoms with van der Waals surface area (Å²) in [6, 6.07) is 13.7. The van der Waals surface area contributed by atoms with Gasteiger partial charge in [0.25, 0.3) is 0 Å². The number of allylic oxidation sites excluding steroid dienone is 2. The molecule has 1 aliphatic carbocycles. The summed E-state index contributed by atoms with van der Waals surface area (Å²) < 4.78 is 43.3. The highest BCUT2D eigenvalue weighted by molar-refractivity contribution is 5.67. The molecule has 1 N–H and O–H groups in total. The molecule has 11 nitrogen and oxygen atoms in total. The Labute approximate surface area is 304 Å². The predicted octanol–water partition coefficient (Wildman–Crippen LogP) is 7.07. The van der Waals surface area contributed by atoms with Crippen molar-refractivity contribution in [2.24, 2.45) is 0 Å². The number of hydrogen-bond acceptors (Lipinski definition) is 10. The van der Waals surface area contributed by atoms with Gasteiger partial charge >= 0.3 is 6.09 Å². The van der Waals surface area contributed by atoms with Crippen LogP contribution in [0.2, 0.25) is 0 Å². The number of nitrogens with zero attached hydrogens (tertiary/aromatic N) is 1. The van der Waals surface area contributed by atoms with Crippen molar-refractivity contribution >= 4 is 6.09 Å². The molecule has 1 fully saturated rings. The van der Waals surface area contributed by atoms with Crippen LogP contribution in [0.1, 0.15) is 68.9 Å². The first kappa shape index (κ1) is 41.6. The first-order chi connectivity index (χ1) is 25.0. The van der Waals surface area contributed by atoms with Gasteiger partial charge in [0, 0.05) is 64.3 Å². The van der Waals surface area contributed by atoms with E-state index in [1.807, 2.05) is 12.1 Å². The van der Waals surface area contributed by atoms with E-state index in [0.717, 1.165) is 80.7 Å². The maximum absolute atomic E-state index is 12.2. The van der Waals surface area contributed by atoms with Crippen LogP contribution >= 0.6 is 0 Å². The molecule has 11 heteroatoms. The van der Waals surface area contributed by atoms with Crippen LogP contribution in [-0.2, 0) is 30.3 Å². The number of ether oxygens (including phenoxy) is 8. The van der Waals surface area contributed by atoms with Crippen LogP contribution in [0.5, 0.6) is 17.2 Å². The summed E-state index contributed by atoms with van der Waals surface area (Å²) in [4.78, 5) is 14.0. The van der Waals surface area contributed by atoms with E-state index < -0.39 is 0 Å². The Morgan fingerprint density at radius 2 is 1.53 bits per heavy atom. The van der Waals surface area contributed by atoms with Gasteiger partial charge in [-0.2, -0.15) is 0 Å². The number of benzene rings is 2. The molecule has 284 valence electrons. The van der Waals surface area contributed by atoms with Crippen molar-refractivity contribution in [2.75, 3.05) is 87.3 Å². The van der Waals surface area contributed by atoms with Crippen LogP contribution in [0, 0.1) is 0 Å². The van der Waals surface area contributed by atoms with Gasteiger partial charge < -0.3 is 47.9 Å². The fourth-order valence-electron chi connectivity index (χ4n) is 5.66. The number of likely N-dealkylation sites (tertiary alicyclic amines) is 1.